The van der Waals surface area contributed by atoms with Gasteiger partial charge in [0, 0.05) is 15.6 Å². The third kappa shape index (κ3) is 3.70. The highest BCUT2D eigenvalue weighted by molar-refractivity contribution is 9.10. The van der Waals surface area contributed by atoms with Gasteiger partial charge in [-0.15, -0.1) is 0 Å². The van der Waals surface area contributed by atoms with Gasteiger partial charge in [-0.3, -0.25) is 4.79 Å². The Hall–Kier alpha value is -1.61. The minimum absolute atomic E-state index is 0.00890. The number of carbonyl (C=O) groups is 1. The standard InChI is InChI=1S/C17H18BrNO/c1-17(2,3)16(20)19-15-10-13(9-14(18)11-15)12-7-5-4-6-8-12/h4-11H,1-3H3,(H,19,20). The second-order valence-electron chi connectivity index (χ2n) is 5.80. The van der Waals surface area contributed by atoms with Gasteiger partial charge < -0.3 is 5.32 Å². The van der Waals surface area contributed by atoms with Gasteiger partial charge >= 0.3 is 0 Å². The summed E-state index contributed by atoms with van der Waals surface area (Å²) in [5, 5.41) is 2.96. The monoisotopic (exact) mass is 331 g/mol. The Morgan fingerprint density at radius 1 is 1.00 bits per heavy atom. The maximum absolute atomic E-state index is 12.1. The topological polar surface area (TPSA) is 29.1 Å². The van der Waals surface area contributed by atoms with Crippen molar-refractivity contribution in [3.8, 4) is 11.1 Å². The van der Waals surface area contributed by atoms with Crippen molar-refractivity contribution in [2.75, 3.05) is 5.32 Å². The van der Waals surface area contributed by atoms with Gasteiger partial charge in [0.15, 0.2) is 0 Å². The van der Waals surface area contributed by atoms with E-state index in [1.165, 1.54) is 0 Å². The Labute approximate surface area is 128 Å². The fraction of sp³-hybridized carbons (Fsp3) is 0.235. The molecule has 0 aliphatic heterocycles. The van der Waals surface area contributed by atoms with Crippen molar-refractivity contribution in [1.29, 1.82) is 0 Å². The Morgan fingerprint density at radius 2 is 1.65 bits per heavy atom. The fourth-order valence-corrected chi connectivity index (χ4v) is 2.27. The number of anilines is 1. The quantitative estimate of drug-likeness (QED) is 0.814. The van der Waals surface area contributed by atoms with Gasteiger partial charge in [0.2, 0.25) is 5.91 Å². The molecule has 0 aromatic heterocycles. The molecule has 0 atom stereocenters. The molecule has 1 amide bonds. The van der Waals surface area contributed by atoms with E-state index >= 15 is 0 Å². The van der Waals surface area contributed by atoms with E-state index in [0.717, 1.165) is 21.3 Å². The van der Waals surface area contributed by atoms with Crippen LogP contribution < -0.4 is 5.32 Å². The number of hydrogen-bond donors (Lipinski definition) is 1. The molecule has 2 nitrogen and oxygen atoms in total. The van der Waals surface area contributed by atoms with Crippen molar-refractivity contribution in [2.24, 2.45) is 5.41 Å². The molecule has 0 radical (unpaired) electrons. The highest BCUT2D eigenvalue weighted by Gasteiger charge is 2.21. The predicted molar refractivity (Wildman–Crippen MR) is 87.7 cm³/mol. The fourth-order valence-electron chi connectivity index (χ4n) is 1.78. The predicted octanol–water partition coefficient (Wildman–Crippen LogP) is 5.10. The largest absolute Gasteiger partial charge is 0.326 e. The van der Waals surface area contributed by atoms with Gasteiger partial charge in [-0.1, -0.05) is 67.0 Å². The zero-order valence-electron chi connectivity index (χ0n) is 11.9. The second kappa shape index (κ2) is 5.80. The Morgan fingerprint density at radius 3 is 2.25 bits per heavy atom. The number of rotatable bonds is 2. The molecular weight excluding hydrogens is 314 g/mol. The third-order valence-electron chi connectivity index (χ3n) is 2.94. The minimum Gasteiger partial charge on any atom is -0.326 e. The van der Waals surface area contributed by atoms with E-state index in [-0.39, 0.29) is 5.91 Å². The number of halogens is 1. The third-order valence-corrected chi connectivity index (χ3v) is 3.40. The lowest BCUT2D eigenvalue weighted by atomic mass is 9.95. The summed E-state index contributed by atoms with van der Waals surface area (Å²) >= 11 is 3.50. The molecule has 2 rings (SSSR count). The first-order chi connectivity index (χ1) is 9.36. The molecule has 0 bridgehead atoms. The van der Waals surface area contributed by atoms with Crippen LogP contribution in [0.3, 0.4) is 0 Å². The molecule has 0 aliphatic rings. The van der Waals surface area contributed by atoms with Crippen molar-refractivity contribution in [3.63, 3.8) is 0 Å². The van der Waals surface area contributed by atoms with Crippen LogP contribution >= 0.6 is 15.9 Å². The van der Waals surface area contributed by atoms with E-state index in [0.29, 0.717) is 0 Å². The van der Waals surface area contributed by atoms with Crippen LogP contribution in [0.1, 0.15) is 20.8 Å². The van der Waals surface area contributed by atoms with Crippen LogP contribution in [0.25, 0.3) is 11.1 Å². The van der Waals surface area contributed by atoms with Gasteiger partial charge in [0.25, 0.3) is 0 Å². The van der Waals surface area contributed by atoms with Gasteiger partial charge in [-0.25, -0.2) is 0 Å². The highest BCUT2D eigenvalue weighted by Crippen LogP contribution is 2.28. The number of nitrogens with one attached hydrogen (secondary N) is 1. The lowest BCUT2D eigenvalue weighted by Crippen LogP contribution is -2.27. The molecule has 20 heavy (non-hydrogen) atoms. The summed E-state index contributed by atoms with van der Waals surface area (Å²) in [6, 6.07) is 16.0. The van der Waals surface area contributed by atoms with E-state index < -0.39 is 5.41 Å². The molecule has 0 saturated heterocycles. The van der Waals surface area contributed by atoms with Crippen molar-refractivity contribution in [1.82, 2.24) is 0 Å². The van der Waals surface area contributed by atoms with E-state index in [9.17, 15) is 4.79 Å². The molecule has 104 valence electrons. The number of amides is 1. The molecule has 2 aromatic rings. The maximum atomic E-state index is 12.1. The lowest BCUT2D eigenvalue weighted by molar-refractivity contribution is -0.123. The minimum atomic E-state index is -0.408. The van der Waals surface area contributed by atoms with Crippen LogP contribution in [0.4, 0.5) is 5.69 Å². The Bertz CT molecular complexity index is 615. The molecule has 0 fully saturated rings. The molecular formula is C17H18BrNO. The van der Waals surface area contributed by atoms with Crippen LogP contribution in [0, 0.1) is 5.41 Å². The summed E-state index contributed by atoms with van der Waals surface area (Å²) in [5.74, 6) is 0.00890. The molecule has 0 aliphatic carbocycles. The summed E-state index contributed by atoms with van der Waals surface area (Å²) in [6.07, 6.45) is 0. The smallest absolute Gasteiger partial charge is 0.229 e. The summed E-state index contributed by atoms with van der Waals surface area (Å²) in [5.41, 5.74) is 2.59. The molecule has 0 saturated carbocycles. The Balaban J connectivity index is 2.33. The summed E-state index contributed by atoms with van der Waals surface area (Å²) in [4.78, 5) is 12.1. The van der Waals surface area contributed by atoms with Crippen molar-refractivity contribution in [2.45, 2.75) is 20.8 Å². The Kier molecular flexibility index (Phi) is 4.29. The first-order valence-electron chi connectivity index (χ1n) is 6.54. The first-order valence-corrected chi connectivity index (χ1v) is 7.33. The second-order valence-corrected chi connectivity index (χ2v) is 6.71. The molecule has 2 aromatic carbocycles. The maximum Gasteiger partial charge on any atom is 0.229 e. The van der Waals surface area contributed by atoms with Crippen LogP contribution in [0.15, 0.2) is 53.0 Å². The summed E-state index contributed by atoms with van der Waals surface area (Å²) in [6.45, 7) is 5.70. The van der Waals surface area contributed by atoms with Crippen LogP contribution in [-0.4, -0.2) is 5.91 Å². The molecule has 1 N–H and O–H groups in total. The van der Waals surface area contributed by atoms with E-state index in [1.807, 2.05) is 57.2 Å². The SMILES string of the molecule is CC(C)(C)C(=O)Nc1cc(Br)cc(-c2ccccc2)c1. The zero-order valence-corrected chi connectivity index (χ0v) is 13.5. The lowest BCUT2D eigenvalue weighted by Gasteiger charge is -2.18. The van der Waals surface area contributed by atoms with Gasteiger partial charge in [-0.05, 0) is 29.3 Å². The number of benzene rings is 2. The average molecular weight is 332 g/mol. The van der Waals surface area contributed by atoms with E-state index in [4.69, 9.17) is 0 Å². The first kappa shape index (κ1) is 14.8. The molecule has 3 heteroatoms. The number of hydrogen-bond acceptors (Lipinski definition) is 1. The summed E-state index contributed by atoms with van der Waals surface area (Å²) < 4.78 is 0.947. The van der Waals surface area contributed by atoms with E-state index in [2.05, 4.69) is 33.4 Å². The zero-order chi connectivity index (χ0) is 14.8. The normalized spacial score (nSPS) is 11.2. The van der Waals surface area contributed by atoms with Gasteiger partial charge in [0.1, 0.15) is 0 Å². The number of carbonyl (C=O) groups excluding carboxylic acids is 1. The van der Waals surface area contributed by atoms with Gasteiger partial charge in [0.05, 0.1) is 0 Å². The van der Waals surface area contributed by atoms with Crippen LogP contribution in [-0.2, 0) is 4.79 Å². The molecule has 0 unspecified atom stereocenters. The molecule has 0 heterocycles. The van der Waals surface area contributed by atoms with Gasteiger partial charge in [-0.2, -0.15) is 0 Å². The summed E-state index contributed by atoms with van der Waals surface area (Å²) in [7, 11) is 0. The van der Waals surface area contributed by atoms with Crippen molar-refractivity contribution < 1.29 is 4.79 Å². The van der Waals surface area contributed by atoms with E-state index in [1.54, 1.807) is 0 Å². The highest BCUT2D eigenvalue weighted by atomic mass is 79.9. The van der Waals surface area contributed by atoms with Crippen molar-refractivity contribution in [3.05, 3.63) is 53.0 Å². The van der Waals surface area contributed by atoms with Crippen molar-refractivity contribution >= 4 is 27.5 Å². The van der Waals surface area contributed by atoms with Crippen LogP contribution in [0.5, 0.6) is 0 Å². The average Bonchev–Trinajstić information content (AvgIpc) is 2.38. The van der Waals surface area contributed by atoms with Crippen LogP contribution in [0.2, 0.25) is 0 Å². The molecule has 0 spiro atoms.